The fraction of sp³-hybridized carbons (Fsp3) is 0.714. The highest BCUT2D eigenvalue weighted by molar-refractivity contribution is 5.79. The molecule has 0 bridgehead atoms. The Kier molecular flexibility index (Phi) is 4.03. The van der Waals surface area contributed by atoms with Crippen molar-refractivity contribution in [1.82, 2.24) is 15.0 Å². The Morgan fingerprint density at radius 2 is 2.45 bits per heavy atom. The minimum atomic E-state index is 0.133. The maximum atomic E-state index is 12.6. The van der Waals surface area contributed by atoms with Crippen LogP contribution < -0.4 is 0 Å². The van der Waals surface area contributed by atoms with Crippen molar-refractivity contribution in [3.63, 3.8) is 0 Å². The van der Waals surface area contributed by atoms with E-state index >= 15 is 0 Å². The molecule has 20 heavy (non-hydrogen) atoms. The van der Waals surface area contributed by atoms with Gasteiger partial charge < -0.3 is 19.1 Å². The van der Waals surface area contributed by atoms with Crippen LogP contribution in [0.4, 0.5) is 0 Å². The second kappa shape index (κ2) is 5.93. The highest BCUT2D eigenvalue weighted by Gasteiger charge is 2.33. The van der Waals surface area contributed by atoms with Gasteiger partial charge in [0.25, 0.3) is 0 Å². The van der Waals surface area contributed by atoms with Crippen LogP contribution in [0.25, 0.3) is 0 Å². The van der Waals surface area contributed by atoms with Gasteiger partial charge in [-0.3, -0.25) is 4.79 Å². The lowest BCUT2D eigenvalue weighted by Gasteiger charge is -2.28. The van der Waals surface area contributed by atoms with Crippen molar-refractivity contribution in [2.24, 2.45) is 5.92 Å². The van der Waals surface area contributed by atoms with Crippen molar-refractivity contribution in [3.05, 3.63) is 17.5 Å². The third-order valence-corrected chi connectivity index (χ3v) is 4.25. The molecule has 1 aromatic rings. The van der Waals surface area contributed by atoms with Crippen LogP contribution in [0.1, 0.15) is 17.7 Å². The van der Waals surface area contributed by atoms with E-state index in [9.17, 15) is 4.79 Å². The molecule has 0 spiro atoms. The van der Waals surface area contributed by atoms with Crippen molar-refractivity contribution in [2.45, 2.75) is 19.4 Å². The minimum absolute atomic E-state index is 0.133. The SMILES string of the molecule is COCCN1CC[C@@H](C(=O)N2CCc3nocc3C2)C1. The molecule has 3 rings (SSSR count). The number of rotatable bonds is 4. The van der Waals surface area contributed by atoms with Crippen molar-refractivity contribution in [2.75, 3.05) is 39.9 Å². The second-order valence-electron chi connectivity index (χ2n) is 5.58. The number of nitrogens with zero attached hydrogens (tertiary/aromatic N) is 3. The fourth-order valence-corrected chi connectivity index (χ4v) is 3.04. The van der Waals surface area contributed by atoms with Crippen LogP contribution in [0.5, 0.6) is 0 Å². The third kappa shape index (κ3) is 2.71. The standard InChI is InChI=1S/C14H21N3O3/c1-19-7-6-16-4-2-11(8-16)14(18)17-5-3-13-12(9-17)10-20-15-13/h10-11H,2-9H2,1H3/t11-/m1/s1. The summed E-state index contributed by atoms with van der Waals surface area (Å²) in [5.41, 5.74) is 2.06. The van der Waals surface area contributed by atoms with Crippen LogP contribution in [0.15, 0.2) is 10.8 Å². The van der Waals surface area contributed by atoms with Gasteiger partial charge in [0.1, 0.15) is 6.26 Å². The van der Waals surface area contributed by atoms with E-state index in [1.54, 1.807) is 13.4 Å². The molecular weight excluding hydrogens is 258 g/mol. The summed E-state index contributed by atoms with van der Waals surface area (Å²) < 4.78 is 10.1. The van der Waals surface area contributed by atoms with Gasteiger partial charge in [0.05, 0.1) is 24.8 Å². The lowest BCUT2D eigenvalue weighted by Crippen LogP contribution is -2.40. The van der Waals surface area contributed by atoms with Gasteiger partial charge in [-0.15, -0.1) is 0 Å². The molecule has 6 nitrogen and oxygen atoms in total. The average Bonchev–Trinajstić information content (AvgIpc) is 3.12. The van der Waals surface area contributed by atoms with Gasteiger partial charge >= 0.3 is 0 Å². The molecule has 0 saturated carbocycles. The van der Waals surface area contributed by atoms with E-state index in [0.29, 0.717) is 6.54 Å². The molecule has 0 unspecified atom stereocenters. The topological polar surface area (TPSA) is 58.8 Å². The van der Waals surface area contributed by atoms with Crippen LogP contribution in [-0.4, -0.2) is 60.8 Å². The Morgan fingerprint density at radius 1 is 1.55 bits per heavy atom. The van der Waals surface area contributed by atoms with Gasteiger partial charge in [0.2, 0.25) is 5.91 Å². The Hall–Kier alpha value is -1.40. The van der Waals surface area contributed by atoms with E-state index in [1.807, 2.05) is 4.90 Å². The third-order valence-electron chi connectivity index (χ3n) is 4.25. The Balaban J connectivity index is 1.55. The molecule has 1 aromatic heterocycles. The number of fused-ring (bicyclic) bond motifs is 1. The molecule has 3 heterocycles. The number of likely N-dealkylation sites (tertiary alicyclic amines) is 1. The zero-order valence-electron chi connectivity index (χ0n) is 11.9. The number of amides is 1. The summed E-state index contributed by atoms with van der Waals surface area (Å²) in [4.78, 5) is 16.8. The Labute approximate surface area is 118 Å². The summed E-state index contributed by atoms with van der Waals surface area (Å²) in [5, 5.41) is 3.96. The molecule has 1 saturated heterocycles. The molecular formula is C14H21N3O3. The lowest BCUT2D eigenvalue weighted by atomic mass is 10.0. The van der Waals surface area contributed by atoms with Crippen molar-refractivity contribution >= 4 is 5.91 Å². The number of methoxy groups -OCH3 is 1. The molecule has 1 amide bonds. The molecule has 110 valence electrons. The summed E-state index contributed by atoms with van der Waals surface area (Å²) in [5.74, 6) is 0.407. The molecule has 0 aromatic carbocycles. The molecule has 2 aliphatic rings. The van der Waals surface area contributed by atoms with E-state index in [0.717, 1.165) is 56.9 Å². The van der Waals surface area contributed by atoms with Gasteiger partial charge in [0.15, 0.2) is 0 Å². The molecule has 0 aliphatic carbocycles. The van der Waals surface area contributed by atoms with E-state index in [2.05, 4.69) is 10.1 Å². The van der Waals surface area contributed by atoms with Gasteiger partial charge in [-0.1, -0.05) is 5.16 Å². The molecule has 1 atom stereocenters. The largest absolute Gasteiger partial charge is 0.383 e. The quantitative estimate of drug-likeness (QED) is 0.804. The number of carbonyl (C=O) groups is 1. The highest BCUT2D eigenvalue weighted by atomic mass is 16.5. The van der Waals surface area contributed by atoms with Gasteiger partial charge in [-0.25, -0.2) is 0 Å². The normalized spacial score (nSPS) is 23.1. The maximum absolute atomic E-state index is 12.6. The van der Waals surface area contributed by atoms with Gasteiger partial charge in [-0.2, -0.15) is 0 Å². The summed E-state index contributed by atoms with van der Waals surface area (Å²) in [6.45, 7) is 4.89. The smallest absolute Gasteiger partial charge is 0.227 e. The average molecular weight is 279 g/mol. The molecule has 6 heteroatoms. The van der Waals surface area contributed by atoms with Crippen molar-refractivity contribution in [3.8, 4) is 0 Å². The first kappa shape index (κ1) is 13.6. The van der Waals surface area contributed by atoms with Crippen molar-refractivity contribution < 1.29 is 14.1 Å². The first-order valence-corrected chi connectivity index (χ1v) is 7.20. The van der Waals surface area contributed by atoms with Crippen LogP contribution in [0.3, 0.4) is 0 Å². The van der Waals surface area contributed by atoms with Gasteiger partial charge in [-0.05, 0) is 13.0 Å². The van der Waals surface area contributed by atoms with E-state index in [1.165, 1.54) is 0 Å². The van der Waals surface area contributed by atoms with Crippen LogP contribution in [-0.2, 0) is 22.5 Å². The summed E-state index contributed by atoms with van der Waals surface area (Å²) in [6, 6.07) is 0. The van der Waals surface area contributed by atoms with Crippen LogP contribution in [0, 0.1) is 5.92 Å². The van der Waals surface area contributed by atoms with E-state index in [-0.39, 0.29) is 11.8 Å². The minimum Gasteiger partial charge on any atom is -0.383 e. The Morgan fingerprint density at radius 3 is 3.30 bits per heavy atom. The number of hydrogen-bond donors (Lipinski definition) is 0. The van der Waals surface area contributed by atoms with E-state index < -0.39 is 0 Å². The monoisotopic (exact) mass is 279 g/mol. The molecule has 0 N–H and O–H groups in total. The van der Waals surface area contributed by atoms with Crippen molar-refractivity contribution in [1.29, 1.82) is 0 Å². The second-order valence-corrected chi connectivity index (χ2v) is 5.58. The van der Waals surface area contributed by atoms with Crippen LogP contribution >= 0.6 is 0 Å². The summed E-state index contributed by atoms with van der Waals surface area (Å²) >= 11 is 0. The van der Waals surface area contributed by atoms with Crippen LogP contribution in [0.2, 0.25) is 0 Å². The lowest BCUT2D eigenvalue weighted by molar-refractivity contribution is -0.136. The predicted octanol–water partition coefficient (Wildman–Crippen LogP) is 0.528. The maximum Gasteiger partial charge on any atom is 0.227 e. The zero-order valence-corrected chi connectivity index (χ0v) is 11.9. The predicted molar refractivity (Wildman–Crippen MR) is 72.0 cm³/mol. The summed E-state index contributed by atoms with van der Waals surface area (Å²) in [7, 11) is 1.71. The molecule has 0 radical (unpaired) electrons. The molecule has 2 aliphatic heterocycles. The highest BCUT2D eigenvalue weighted by Crippen LogP contribution is 2.23. The first-order chi connectivity index (χ1) is 9.78. The number of carbonyl (C=O) groups excluding carboxylic acids is 1. The number of ether oxygens (including phenoxy) is 1. The fourth-order valence-electron chi connectivity index (χ4n) is 3.04. The van der Waals surface area contributed by atoms with Gasteiger partial charge in [0, 0.05) is 38.7 Å². The molecule has 1 fully saturated rings. The Bertz CT molecular complexity index is 474. The number of hydrogen-bond acceptors (Lipinski definition) is 5. The van der Waals surface area contributed by atoms with E-state index in [4.69, 9.17) is 9.26 Å². The summed E-state index contributed by atoms with van der Waals surface area (Å²) in [6.07, 6.45) is 3.42. The zero-order chi connectivity index (χ0) is 13.9. The number of aromatic nitrogens is 1. The first-order valence-electron chi connectivity index (χ1n) is 7.20.